The van der Waals surface area contributed by atoms with E-state index in [-0.39, 0.29) is 17.9 Å². The third-order valence-electron chi connectivity index (χ3n) is 5.90. The van der Waals surface area contributed by atoms with Crippen molar-refractivity contribution in [3.8, 4) is 11.5 Å². The van der Waals surface area contributed by atoms with Gasteiger partial charge in [-0.15, -0.1) is 0 Å². The largest absolute Gasteiger partial charge is 0.493 e. The van der Waals surface area contributed by atoms with E-state index < -0.39 is 0 Å². The van der Waals surface area contributed by atoms with Gasteiger partial charge < -0.3 is 14.8 Å². The number of carbonyl (C=O) groups excluding carboxylic acids is 1. The number of amides is 1. The van der Waals surface area contributed by atoms with Crippen molar-refractivity contribution in [2.75, 3.05) is 13.7 Å². The molecule has 1 heterocycles. The molecule has 0 aromatic heterocycles. The lowest BCUT2D eigenvalue weighted by Gasteiger charge is -2.26. The van der Waals surface area contributed by atoms with E-state index in [4.69, 9.17) is 9.47 Å². The molecule has 152 valence electrons. The molecule has 2 aromatic carbocycles. The Balaban J connectivity index is 1.56. The first kappa shape index (κ1) is 19.6. The molecule has 1 aliphatic heterocycles. The van der Waals surface area contributed by atoms with E-state index in [2.05, 4.69) is 36.5 Å². The number of aryl methyl sites for hydroxylation is 1. The molecule has 1 saturated carbocycles. The first-order chi connectivity index (χ1) is 14.1. The van der Waals surface area contributed by atoms with Gasteiger partial charge in [0.15, 0.2) is 11.5 Å². The van der Waals surface area contributed by atoms with Gasteiger partial charge in [-0.05, 0) is 68.4 Å². The minimum Gasteiger partial charge on any atom is -0.493 e. The van der Waals surface area contributed by atoms with Crippen LogP contribution in [0.5, 0.6) is 11.5 Å². The van der Waals surface area contributed by atoms with Crippen LogP contribution in [0, 0.1) is 6.92 Å². The van der Waals surface area contributed by atoms with Crippen LogP contribution in [0.4, 0.5) is 0 Å². The first-order valence-electron chi connectivity index (χ1n) is 10.5. The van der Waals surface area contributed by atoms with Gasteiger partial charge in [0, 0.05) is 18.0 Å². The molecule has 0 radical (unpaired) electrons. The zero-order valence-electron chi connectivity index (χ0n) is 17.2. The minimum atomic E-state index is 0.0266. The van der Waals surface area contributed by atoms with Gasteiger partial charge in [-0.25, -0.2) is 0 Å². The lowest BCUT2D eigenvalue weighted by molar-refractivity contribution is -0.118. The van der Waals surface area contributed by atoms with Crippen molar-refractivity contribution in [3.05, 3.63) is 64.7 Å². The summed E-state index contributed by atoms with van der Waals surface area (Å²) in [7, 11) is 1.68. The quantitative estimate of drug-likeness (QED) is 0.729. The van der Waals surface area contributed by atoms with Crippen molar-refractivity contribution >= 4 is 12.0 Å². The minimum absolute atomic E-state index is 0.0266. The Bertz CT molecular complexity index is 912. The fourth-order valence-electron chi connectivity index (χ4n) is 4.31. The van der Waals surface area contributed by atoms with Crippen molar-refractivity contribution in [2.24, 2.45) is 0 Å². The van der Waals surface area contributed by atoms with Crippen LogP contribution in [0.3, 0.4) is 0 Å². The first-order valence-corrected chi connectivity index (χ1v) is 10.5. The highest BCUT2D eigenvalue weighted by molar-refractivity contribution is 5.98. The summed E-state index contributed by atoms with van der Waals surface area (Å²) in [5.41, 5.74) is 4.25. The molecule has 1 saturated heterocycles. The number of nitrogens with one attached hydrogen (secondary N) is 1. The van der Waals surface area contributed by atoms with Crippen LogP contribution in [0.1, 0.15) is 54.7 Å². The molecular weight excluding hydrogens is 362 g/mol. The highest BCUT2D eigenvalue weighted by Gasteiger charge is 2.26. The Hall–Kier alpha value is -2.75. The number of carbonyl (C=O) groups is 1. The molecule has 0 bridgehead atoms. The van der Waals surface area contributed by atoms with Gasteiger partial charge in [0.25, 0.3) is 0 Å². The molecule has 29 heavy (non-hydrogen) atoms. The van der Waals surface area contributed by atoms with Crippen LogP contribution < -0.4 is 14.8 Å². The summed E-state index contributed by atoms with van der Waals surface area (Å²) in [6.45, 7) is 2.70. The summed E-state index contributed by atoms with van der Waals surface area (Å²) < 4.78 is 11.8. The Labute approximate surface area is 172 Å². The number of ether oxygens (including phenoxy) is 2. The van der Waals surface area contributed by atoms with Crippen molar-refractivity contribution in [2.45, 2.75) is 51.0 Å². The second kappa shape index (κ2) is 8.73. The Kier molecular flexibility index (Phi) is 5.89. The van der Waals surface area contributed by atoms with Crippen molar-refractivity contribution in [1.82, 2.24) is 5.32 Å². The zero-order chi connectivity index (χ0) is 20.2. The van der Waals surface area contributed by atoms with Gasteiger partial charge in [0.05, 0.1) is 13.2 Å². The average Bonchev–Trinajstić information content (AvgIpc) is 3.23. The summed E-state index contributed by atoms with van der Waals surface area (Å²) in [4.78, 5) is 12.4. The molecule has 4 nitrogen and oxygen atoms in total. The molecule has 0 unspecified atom stereocenters. The average molecular weight is 392 g/mol. The van der Waals surface area contributed by atoms with Crippen LogP contribution in [0.15, 0.2) is 48.0 Å². The number of rotatable bonds is 5. The van der Waals surface area contributed by atoms with E-state index >= 15 is 0 Å². The van der Waals surface area contributed by atoms with E-state index in [0.717, 1.165) is 41.9 Å². The van der Waals surface area contributed by atoms with Gasteiger partial charge in [0.1, 0.15) is 0 Å². The standard InChI is InChI=1S/C25H29NO3/c1-17-6-5-7-18(12-17)13-20-14-21(16-26-25(20)27)19-10-11-23(28-2)24(15-19)29-22-8-3-4-9-22/h5-7,10-13,15,21-22H,3-4,8-9,14,16H2,1-2H3,(H,26,27)/t21-/m1/s1. The summed E-state index contributed by atoms with van der Waals surface area (Å²) >= 11 is 0. The summed E-state index contributed by atoms with van der Waals surface area (Å²) in [5.74, 6) is 1.84. The molecular formula is C25H29NO3. The van der Waals surface area contributed by atoms with Gasteiger partial charge in [-0.1, -0.05) is 35.9 Å². The lowest BCUT2D eigenvalue weighted by Crippen LogP contribution is -2.35. The zero-order valence-corrected chi connectivity index (χ0v) is 17.2. The molecule has 2 aliphatic rings. The van der Waals surface area contributed by atoms with Gasteiger partial charge in [-0.2, -0.15) is 0 Å². The molecule has 2 fully saturated rings. The van der Waals surface area contributed by atoms with Crippen LogP contribution in [-0.2, 0) is 4.79 Å². The molecule has 0 spiro atoms. The Morgan fingerprint density at radius 3 is 2.66 bits per heavy atom. The smallest absolute Gasteiger partial charge is 0.247 e. The molecule has 1 N–H and O–H groups in total. The van der Waals surface area contributed by atoms with E-state index in [9.17, 15) is 4.79 Å². The van der Waals surface area contributed by atoms with E-state index in [1.165, 1.54) is 24.0 Å². The third kappa shape index (κ3) is 4.64. The van der Waals surface area contributed by atoms with E-state index in [1.807, 2.05) is 24.3 Å². The second-order valence-corrected chi connectivity index (χ2v) is 8.13. The van der Waals surface area contributed by atoms with Gasteiger partial charge >= 0.3 is 0 Å². The predicted octanol–water partition coefficient (Wildman–Crippen LogP) is 5.01. The number of piperidine rings is 1. The normalized spacial score (nSPS) is 21.2. The maximum absolute atomic E-state index is 12.4. The van der Waals surface area contributed by atoms with Crippen LogP contribution >= 0.6 is 0 Å². The van der Waals surface area contributed by atoms with Gasteiger partial charge in [-0.3, -0.25) is 4.79 Å². The predicted molar refractivity (Wildman–Crippen MR) is 115 cm³/mol. The summed E-state index contributed by atoms with van der Waals surface area (Å²) in [6, 6.07) is 14.4. The van der Waals surface area contributed by atoms with Crippen molar-refractivity contribution < 1.29 is 14.3 Å². The maximum Gasteiger partial charge on any atom is 0.247 e. The SMILES string of the molecule is COc1ccc([C@H]2CNC(=O)C(=Cc3cccc(C)c3)C2)cc1OC1CCCC1. The summed E-state index contributed by atoms with van der Waals surface area (Å²) in [5, 5.41) is 3.06. The second-order valence-electron chi connectivity index (χ2n) is 8.13. The number of hydrogen-bond donors (Lipinski definition) is 1. The van der Waals surface area contributed by atoms with E-state index in [1.54, 1.807) is 7.11 Å². The Morgan fingerprint density at radius 2 is 1.90 bits per heavy atom. The molecule has 1 amide bonds. The molecule has 4 heteroatoms. The van der Waals surface area contributed by atoms with Gasteiger partial charge in [0.2, 0.25) is 5.91 Å². The molecule has 1 atom stereocenters. The van der Waals surface area contributed by atoms with Crippen LogP contribution in [0.2, 0.25) is 0 Å². The highest BCUT2D eigenvalue weighted by atomic mass is 16.5. The monoisotopic (exact) mass is 391 g/mol. The maximum atomic E-state index is 12.4. The van der Waals surface area contributed by atoms with Crippen molar-refractivity contribution in [3.63, 3.8) is 0 Å². The lowest BCUT2D eigenvalue weighted by atomic mass is 9.87. The fourth-order valence-corrected chi connectivity index (χ4v) is 4.31. The van der Waals surface area contributed by atoms with Crippen LogP contribution in [-0.4, -0.2) is 25.7 Å². The van der Waals surface area contributed by atoms with Crippen LogP contribution in [0.25, 0.3) is 6.08 Å². The van der Waals surface area contributed by atoms with Crippen molar-refractivity contribution in [1.29, 1.82) is 0 Å². The summed E-state index contributed by atoms with van der Waals surface area (Å²) in [6.07, 6.45) is 7.68. The van der Waals surface area contributed by atoms with E-state index in [0.29, 0.717) is 6.54 Å². The number of hydrogen-bond acceptors (Lipinski definition) is 3. The third-order valence-corrected chi connectivity index (χ3v) is 5.90. The molecule has 4 rings (SSSR count). The topological polar surface area (TPSA) is 47.6 Å². The molecule has 2 aromatic rings. The highest BCUT2D eigenvalue weighted by Crippen LogP contribution is 2.36. The number of methoxy groups -OCH3 is 1. The number of benzene rings is 2. The fraction of sp³-hybridized carbons (Fsp3) is 0.400. The Morgan fingerprint density at radius 1 is 1.07 bits per heavy atom. The molecule has 1 aliphatic carbocycles.